The average Bonchev–Trinajstić information content (AvgIpc) is 2.72. The molecule has 0 radical (unpaired) electrons. The molecule has 0 aromatic heterocycles. The van der Waals surface area contributed by atoms with E-state index in [9.17, 15) is 23.9 Å². The predicted molar refractivity (Wildman–Crippen MR) is 101 cm³/mol. The maximum atomic E-state index is 12.9. The zero-order valence-electron chi connectivity index (χ0n) is 15.0. The van der Waals surface area contributed by atoms with Crippen LogP contribution in [0.5, 0.6) is 5.75 Å². The van der Waals surface area contributed by atoms with E-state index in [1.165, 1.54) is 53.5 Å². The molecule has 1 saturated heterocycles. The molecule has 1 N–H and O–H groups in total. The lowest BCUT2D eigenvalue weighted by Gasteiger charge is -2.34. The van der Waals surface area contributed by atoms with Crippen molar-refractivity contribution in [3.05, 3.63) is 71.6 Å². The first kappa shape index (κ1) is 19.3. The topological polar surface area (TPSA) is 77.9 Å². The lowest BCUT2D eigenvalue weighted by atomic mass is 10.1. The van der Waals surface area contributed by atoms with Gasteiger partial charge in [-0.05, 0) is 42.0 Å². The van der Waals surface area contributed by atoms with Gasteiger partial charge in [0.1, 0.15) is 11.6 Å². The van der Waals surface area contributed by atoms with Crippen molar-refractivity contribution in [3.63, 3.8) is 0 Å². The summed E-state index contributed by atoms with van der Waals surface area (Å²) in [7, 11) is 0. The van der Waals surface area contributed by atoms with Crippen molar-refractivity contribution in [3.8, 4) is 5.75 Å². The van der Waals surface area contributed by atoms with Gasteiger partial charge < -0.3 is 14.9 Å². The number of halogens is 1. The van der Waals surface area contributed by atoms with Crippen molar-refractivity contribution < 1.29 is 23.9 Å². The van der Waals surface area contributed by atoms with Crippen LogP contribution >= 0.6 is 0 Å². The van der Waals surface area contributed by atoms with Gasteiger partial charge in [-0.25, -0.2) is 4.39 Å². The minimum absolute atomic E-state index is 0.0122. The van der Waals surface area contributed by atoms with Crippen molar-refractivity contribution in [1.82, 2.24) is 9.80 Å². The van der Waals surface area contributed by atoms with Gasteiger partial charge in [-0.3, -0.25) is 14.4 Å². The van der Waals surface area contributed by atoms with Crippen LogP contribution in [0.2, 0.25) is 0 Å². The molecule has 6 nitrogen and oxygen atoms in total. The van der Waals surface area contributed by atoms with E-state index in [4.69, 9.17) is 0 Å². The van der Waals surface area contributed by atoms with Crippen LogP contribution in [0.25, 0.3) is 6.08 Å². The quantitative estimate of drug-likeness (QED) is 0.649. The molecule has 0 aliphatic carbocycles. The number of piperazine rings is 1. The highest BCUT2D eigenvalue weighted by atomic mass is 19.1. The summed E-state index contributed by atoms with van der Waals surface area (Å²) in [6.45, 7) is 1.10. The Kier molecular flexibility index (Phi) is 5.84. The number of carbonyl (C=O) groups excluding carboxylic acids is 3. The third-order valence-electron chi connectivity index (χ3n) is 4.46. The van der Waals surface area contributed by atoms with E-state index < -0.39 is 11.7 Å². The molecule has 0 atom stereocenters. The molecule has 0 spiro atoms. The summed E-state index contributed by atoms with van der Waals surface area (Å²) >= 11 is 0. The van der Waals surface area contributed by atoms with Gasteiger partial charge in [-0.15, -0.1) is 0 Å². The molecular formula is C21H19FN2O4. The summed E-state index contributed by atoms with van der Waals surface area (Å²) in [6, 6.07) is 11.6. The standard InChI is InChI=1S/C21H19FN2O4/c22-17-7-4-15(5-8-17)6-9-19(26)21(28)24-12-10-23(11-13-24)20(27)16-2-1-3-18(25)14-16/h1-9,14,25H,10-13H2. The molecule has 0 saturated carbocycles. The molecule has 0 unspecified atom stereocenters. The molecule has 1 aliphatic rings. The van der Waals surface area contributed by atoms with Crippen molar-refractivity contribution in [2.45, 2.75) is 0 Å². The summed E-state index contributed by atoms with van der Waals surface area (Å²) in [6.07, 6.45) is 2.63. The number of phenols is 1. The van der Waals surface area contributed by atoms with Crippen molar-refractivity contribution in [2.24, 2.45) is 0 Å². The Bertz CT molecular complexity index is 916. The van der Waals surface area contributed by atoms with Gasteiger partial charge in [-0.1, -0.05) is 24.3 Å². The first-order valence-corrected chi connectivity index (χ1v) is 8.79. The first-order chi connectivity index (χ1) is 13.4. The maximum absolute atomic E-state index is 12.9. The van der Waals surface area contributed by atoms with Gasteiger partial charge >= 0.3 is 0 Å². The fourth-order valence-corrected chi connectivity index (χ4v) is 2.91. The number of phenolic OH excluding ortho intramolecular Hbond substituents is 1. The molecule has 0 bridgehead atoms. The zero-order chi connectivity index (χ0) is 20.1. The van der Waals surface area contributed by atoms with Gasteiger partial charge in [0.2, 0.25) is 5.78 Å². The summed E-state index contributed by atoms with van der Waals surface area (Å²) < 4.78 is 12.9. The van der Waals surface area contributed by atoms with Crippen LogP contribution in [-0.2, 0) is 9.59 Å². The fraction of sp³-hybridized carbons (Fsp3) is 0.190. The van der Waals surface area contributed by atoms with Crippen molar-refractivity contribution in [1.29, 1.82) is 0 Å². The molecule has 7 heteroatoms. The number of hydrogen-bond acceptors (Lipinski definition) is 4. The number of amides is 2. The summed E-state index contributed by atoms with van der Waals surface area (Å²) in [5.41, 5.74) is 0.988. The highest BCUT2D eigenvalue weighted by Crippen LogP contribution is 2.15. The molecule has 1 fully saturated rings. The van der Waals surface area contributed by atoms with E-state index in [0.29, 0.717) is 24.2 Å². The summed E-state index contributed by atoms with van der Waals surface area (Å²) in [4.78, 5) is 39.8. The van der Waals surface area contributed by atoms with Crippen LogP contribution < -0.4 is 0 Å². The second-order valence-electron chi connectivity index (χ2n) is 6.38. The Labute approximate surface area is 161 Å². The van der Waals surface area contributed by atoms with E-state index in [1.807, 2.05) is 0 Å². The van der Waals surface area contributed by atoms with Gasteiger partial charge in [-0.2, -0.15) is 0 Å². The lowest BCUT2D eigenvalue weighted by Crippen LogP contribution is -2.52. The lowest BCUT2D eigenvalue weighted by molar-refractivity contribution is -0.143. The van der Waals surface area contributed by atoms with Gasteiger partial charge in [0, 0.05) is 31.7 Å². The fourth-order valence-electron chi connectivity index (χ4n) is 2.91. The largest absolute Gasteiger partial charge is 0.508 e. The number of aromatic hydroxyl groups is 1. The van der Waals surface area contributed by atoms with E-state index >= 15 is 0 Å². The maximum Gasteiger partial charge on any atom is 0.294 e. The van der Waals surface area contributed by atoms with E-state index in [-0.39, 0.29) is 30.6 Å². The van der Waals surface area contributed by atoms with Crippen LogP contribution in [0, 0.1) is 5.82 Å². The Balaban J connectivity index is 1.55. The third kappa shape index (κ3) is 4.62. The Morgan fingerprint density at radius 1 is 0.929 bits per heavy atom. The van der Waals surface area contributed by atoms with Crippen molar-refractivity contribution in [2.75, 3.05) is 26.2 Å². The van der Waals surface area contributed by atoms with Crippen LogP contribution in [0.4, 0.5) is 4.39 Å². The zero-order valence-corrected chi connectivity index (χ0v) is 15.0. The SMILES string of the molecule is O=C(C=Cc1ccc(F)cc1)C(=O)N1CCN(C(=O)c2cccc(O)c2)CC1. The number of rotatable bonds is 4. The highest BCUT2D eigenvalue weighted by Gasteiger charge is 2.27. The molecular weight excluding hydrogens is 363 g/mol. The van der Waals surface area contributed by atoms with Gasteiger partial charge in [0.05, 0.1) is 0 Å². The third-order valence-corrected chi connectivity index (χ3v) is 4.46. The summed E-state index contributed by atoms with van der Waals surface area (Å²) in [5.74, 6) is -1.90. The van der Waals surface area contributed by atoms with E-state index in [2.05, 4.69) is 0 Å². The molecule has 1 heterocycles. The average molecular weight is 382 g/mol. The van der Waals surface area contributed by atoms with Crippen LogP contribution in [0.3, 0.4) is 0 Å². The van der Waals surface area contributed by atoms with Crippen LogP contribution in [0.1, 0.15) is 15.9 Å². The van der Waals surface area contributed by atoms with E-state index in [1.54, 1.807) is 17.0 Å². The molecule has 2 aromatic carbocycles. The number of ketones is 1. The Morgan fingerprint density at radius 3 is 2.21 bits per heavy atom. The smallest absolute Gasteiger partial charge is 0.294 e. The number of benzene rings is 2. The number of nitrogens with zero attached hydrogens (tertiary/aromatic N) is 2. The Morgan fingerprint density at radius 2 is 1.57 bits per heavy atom. The van der Waals surface area contributed by atoms with Gasteiger partial charge in [0.15, 0.2) is 0 Å². The molecule has 3 rings (SSSR count). The van der Waals surface area contributed by atoms with Crippen LogP contribution in [0.15, 0.2) is 54.6 Å². The summed E-state index contributed by atoms with van der Waals surface area (Å²) in [5, 5.41) is 9.50. The monoisotopic (exact) mass is 382 g/mol. The predicted octanol–water partition coefficient (Wildman–Crippen LogP) is 2.10. The second-order valence-corrected chi connectivity index (χ2v) is 6.38. The van der Waals surface area contributed by atoms with Gasteiger partial charge in [0.25, 0.3) is 11.8 Å². The normalized spacial score (nSPS) is 14.3. The Hall–Kier alpha value is -3.48. The second kappa shape index (κ2) is 8.47. The van der Waals surface area contributed by atoms with Crippen molar-refractivity contribution >= 4 is 23.7 Å². The number of carbonyl (C=O) groups is 3. The first-order valence-electron chi connectivity index (χ1n) is 8.79. The van der Waals surface area contributed by atoms with Crippen LogP contribution in [-0.4, -0.2) is 58.7 Å². The molecule has 1 aliphatic heterocycles. The molecule has 2 amide bonds. The van der Waals surface area contributed by atoms with E-state index in [0.717, 1.165) is 0 Å². The molecule has 144 valence electrons. The minimum atomic E-state index is -0.669. The number of hydrogen-bond donors (Lipinski definition) is 1. The molecule has 2 aromatic rings. The molecule has 28 heavy (non-hydrogen) atoms. The minimum Gasteiger partial charge on any atom is -0.508 e. The highest BCUT2D eigenvalue weighted by molar-refractivity contribution is 6.41.